The van der Waals surface area contributed by atoms with Crippen molar-refractivity contribution in [2.75, 3.05) is 9.80 Å². The first-order chi connectivity index (χ1) is 18.9. The lowest BCUT2D eigenvalue weighted by Gasteiger charge is -2.25. The van der Waals surface area contributed by atoms with Crippen LogP contribution in [0.5, 0.6) is 0 Å². The molecule has 0 saturated carbocycles. The van der Waals surface area contributed by atoms with E-state index in [1.54, 1.807) is 0 Å². The first-order valence-corrected chi connectivity index (χ1v) is 12.8. The van der Waals surface area contributed by atoms with Crippen LogP contribution in [0.1, 0.15) is 0 Å². The Morgan fingerprint density at radius 3 is 0.447 bits per heavy atom. The molecule has 6 aromatic carbocycles. The second-order valence-electron chi connectivity index (χ2n) is 8.68. The molecule has 0 fully saturated rings. The van der Waals surface area contributed by atoms with Crippen molar-refractivity contribution in [1.82, 2.24) is 0 Å². The van der Waals surface area contributed by atoms with Crippen molar-refractivity contribution in [3.8, 4) is 0 Å². The van der Waals surface area contributed by atoms with E-state index in [2.05, 4.69) is 155 Å². The summed E-state index contributed by atoms with van der Waals surface area (Å²) in [5.41, 5.74) is 7.00. The van der Waals surface area contributed by atoms with Crippen LogP contribution in [0.25, 0.3) is 0 Å². The molecule has 0 spiro atoms. The predicted octanol–water partition coefficient (Wildman–Crippen LogP) is 10.3. The first kappa shape index (κ1) is 24.6. The van der Waals surface area contributed by atoms with Gasteiger partial charge in [-0.25, -0.2) is 0 Å². The molecule has 0 radical (unpaired) electrons. The highest BCUT2D eigenvalue weighted by molar-refractivity contribution is 5.77. The Balaban J connectivity index is 0.000000155. The van der Waals surface area contributed by atoms with E-state index >= 15 is 0 Å². The van der Waals surface area contributed by atoms with Crippen LogP contribution in [-0.4, -0.2) is 0 Å². The van der Waals surface area contributed by atoms with Crippen LogP contribution in [0.4, 0.5) is 34.1 Å². The minimum Gasteiger partial charge on any atom is -0.311 e. The van der Waals surface area contributed by atoms with Crippen LogP contribution in [0.15, 0.2) is 182 Å². The Morgan fingerprint density at radius 2 is 0.316 bits per heavy atom. The van der Waals surface area contributed by atoms with E-state index in [0.717, 1.165) is 0 Å². The van der Waals surface area contributed by atoms with Crippen molar-refractivity contribution < 1.29 is 0 Å². The monoisotopic (exact) mass is 490 g/mol. The Bertz CT molecular complexity index is 1170. The van der Waals surface area contributed by atoms with Crippen molar-refractivity contribution in [2.45, 2.75) is 0 Å². The topological polar surface area (TPSA) is 6.48 Å². The molecule has 184 valence electrons. The van der Waals surface area contributed by atoms with Crippen molar-refractivity contribution in [2.24, 2.45) is 0 Å². The van der Waals surface area contributed by atoms with E-state index in [-0.39, 0.29) is 0 Å². The molecule has 2 nitrogen and oxygen atoms in total. The van der Waals surface area contributed by atoms with Crippen molar-refractivity contribution in [3.05, 3.63) is 182 Å². The maximum Gasteiger partial charge on any atom is 0.0461 e. The van der Waals surface area contributed by atoms with Gasteiger partial charge in [-0.2, -0.15) is 0 Å². The molecule has 0 aliphatic heterocycles. The molecule has 0 saturated heterocycles. The number of para-hydroxylation sites is 6. The molecule has 0 aliphatic carbocycles. The van der Waals surface area contributed by atoms with E-state index in [9.17, 15) is 0 Å². The smallest absolute Gasteiger partial charge is 0.0461 e. The molecule has 0 atom stereocenters. The molecule has 0 N–H and O–H groups in total. The van der Waals surface area contributed by atoms with Gasteiger partial charge in [-0.1, -0.05) is 109 Å². The summed E-state index contributed by atoms with van der Waals surface area (Å²) in [6, 6.07) is 62.5. The second-order valence-corrected chi connectivity index (χ2v) is 8.68. The second kappa shape index (κ2) is 12.8. The third-order valence-electron chi connectivity index (χ3n) is 6.09. The fourth-order valence-electron chi connectivity index (χ4n) is 4.36. The van der Waals surface area contributed by atoms with Crippen LogP contribution in [0, 0.1) is 0 Å². The summed E-state index contributed by atoms with van der Waals surface area (Å²) in [7, 11) is 0. The van der Waals surface area contributed by atoms with E-state index in [4.69, 9.17) is 0 Å². The third kappa shape index (κ3) is 6.18. The zero-order chi connectivity index (χ0) is 25.8. The SMILES string of the molecule is c1ccc(N(c2ccccc2)c2ccccc2)cc1.c1ccc(N(c2ccccc2)c2ccccc2)cc1. The number of nitrogens with zero attached hydrogens (tertiary/aromatic N) is 2. The highest BCUT2D eigenvalue weighted by atomic mass is 15.1. The van der Waals surface area contributed by atoms with Gasteiger partial charge >= 0.3 is 0 Å². The molecule has 0 heterocycles. The van der Waals surface area contributed by atoms with Crippen molar-refractivity contribution in [1.29, 1.82) is 0 Å². The molecule has 0 unspecified atom stereocenters. The summed E-state index contributed by atoms with van der Waals surface area (Å²) in [6.07, 6.45) is 0. The largest absolute Gasteiger partial charge is 0.311 e. The normalized spacial score (nSPS) is 10.1. The average molecular weight is 491 g/mol. The lowest BCUT2D eigenvalue weighted by molar-refractivity contribution is 1.28. The maximum absolute atomic E-state index is 2.25. The molecule has 0 bridgehead atoms. The average Bonchev–Trinajstić information content (AvgIpc) is 3.01. The van der Waals surface area contributed by atoms with E-state index < -0.39 is 0 Å². The zero-order valence-corrected chi connectivity index (χ0v) is 21.2. The fraction of sp³-hybridized carbons (Fsp3) is 0. The lowest BCUT2D eigenvalue weighted by atomic mass is 10.2. The summed E-state index contributed by atoms with van der Waals surface area (Å²) in [5.74, 6) is 0. The summed E-state index contributed by atoms with van der Waals surface area (Å²) in [6.45, 7) is 0. The van der Waals surface area contributed by atoms with Gasteiger partial charge in [0.05, 0.1) is 0 Å². The molecule has 0 aliphatic rings. The molecule has 6 rings (SSSR count). The van der Waals surface area contributed by atoms with Gasteiger partial charge in [-0.15, -0.1) is 0 Å². The quantitative estimate of drug-likeness (QED) is 0.229. The van der Waals surface area contributed by atoms with E-state index in [1.165, 1.54) is 34.1 Å². The first-order valence-electron chi connectivity index (χ1n) is 12.8. The molecule has 38 heavy (non-hydrogen) atoms. The van der Waals surface area contributed by atoms with Crippen molar-refractivity contribution in [3.63, 3.8) is 0 Å². The summed E-state index contributed by atoms with van der Waals surface area (Å²) in [4.78, 5) is 4.50. The van der Waals surface area contributed by atoms with Gasteiger partial charge in [0, 0.05) is 34.1 Å². The van der Waals surface area contributed by atoms with Gasteiger partial charge in [0.25, 0.3) is 0 Å². The van der Waals surface area contributed by atoms with Crippen LogP contribution >= 0.6 is 0 Å². The van der Waals surface area contributed by atoms with Gasteiger partial charge in [0.2, 0.25) is 0 Å². The number of benzene rings is 6. The van der Waals surface area contributed by atoms with Gasteiger partial charge in [-0.3, -0.25) is 0 Å². The molecule has 0 amide bonds. The number of hydrogen-bond donors (Lipinski definition) is 0. The predicted molar refractivity (Wildman–Crippen MR) is 162 cm³/mol. The Kier molecular flexibility index (Phi) is 8.26. The minimum absolute atomic E-state index is 1.17. The number of hydrogen-bond acceptors (Lipinski definition) is 2. The molecular formula is C36H30N2. The Hall–Kier alpha value is -5.08. The highest BCUT2D eigenvalue weighted by Gasteiger charge is 2.11. The Morgan fingerprint density at radius 1 is 0.184 bits per heavy atom. The van der Waals surface area contributed by atoms with E-state index in [0.29, 0.717) is 0 Å². The fourth-order valence-corrected chi connectivity index (χ4v) is 4.36. The highest BCUT2D eigenvalue weighted by Crippen LogP contribution is 2.34. The third-order valence-corrected chi connectivity index (χ3v) is 6.09. The Labute approximate surface area is 225 Å². The van der Waals surface area contributed by atoms with Crippen LogP contribution < -0.4 is 9.80 Å². The molecule has 6 aromatic rings. The zero-order valence-electron chi connectivity index (χ0n) is 21.2. The van der Waals surface area contributed by atoms with Gasteiger partial charge in [0.1, 0.15) is 0 Å². The standard InChI is InChI=1S/2C18H15N/c2*1-4-10-16(11-5-1)19(17-12-6-2-7-13-17)18-14-8-3-9-15-18/h2*1-15H. The number of anilines is 6. The van der Waals surface area contributed by atoms with Gasteiger partial charge in [0.15, 0.2) is 0 Å². The van der Waals surface area contributed by atoms with E-state index in [1.807, 2.05) is 36.4 Å². The summed E-state index contributed by atoms with van der Waals surface area (Å²) >= 11 is 0. The van der Waals surface area contributed by atoms with Crippen LogP contribution in [0.3, 0.4) is 0 Å². The van der Waals surface area contributed by atoms with Crippen LogP contribution in [-0.2, 0) is 0 Å². The maximum atomic E-state index is 2.25. The lowest BCUT2D eigenvalue weighted by Crippen LogP contribution is -2.09. The molecule has 2 heteroatoms. The minimum atomic E-state index is 1.17. The van der Waals surface area contributed by atoms with Gasteiger partial charge < -0.3 is 9.80 Å². The van der Waals surface area contributed by atoms with Gasteiger partial charge in [-0.05, 0) is 72.8 Å². The molecule has 0 aromatic heterocycles. The summed E-state index contributed by atoms with van der Waals surface area (Å²) in [5, 5.41) is 0. The van der Waals surface area contributed by atoms with Crippen LogP contribution in [0.2, 0.25) is 0 Å². The summed E-state index contributed by atoms with van der Waals surface area (Å²) < 4.78 is 0. The van der Waals surface area contributed by atoms with Crippen molar-refractivity contribution >= 4 is 34.1 Å². The molecular weight excluding hydrogens is 460 g/mol. The number of rotatable bonds is 6.